The van der Waals surface area contributed by atoms with Gasteiger partial charge in [-0.15, -0.1) is 0 Å². The van der Waals surface area contributed by atoms with Crippen LogP contribution in [-0.2, 0) is 17.4 Å². The largest absolute Gasteiger partial charge is 0.433 e. The third kappa shape index (κ3) is 3.32. The molecule has 1 aliphatic heterocycles. The second kappa shape index (κ2) is 6.10. The molecule has 0 fully saturated rings. The Morgan fingerprint density at radius 1 is 1.38 bits per heavy atom. The highest BCUT2D eigenvalue weighted by Gasteiger charge is 2.32. The number of carbonyl (C=O) groups is 1. The number of carbonyl (C=O) groups excluding carboxylic acids is 1. The first kappa shape index (κ1) is 16.2. The van der Waals surface area contributed by atoms with Crippen molar-refractivity contribution in [3.63, 3.8) is 0 Å². The van der Waals surface area contributed by atoms with Gasteiger partial charge in [0.15, 0.2) is 0 Å². The van der Waals surface area contributed by atoms with E-state index < -0.39 is 11.9 Å². The molecule has 0 aliphatic carbocycles. The minimum Gasteiger partial charge on any atom is -0.367 e. The van der Waals surface area contributed by atoms with Gasteiger partial charge < -0.3 is 10.2 Å². The van der Waals surface area contributed by atoms with Gasteiger partial charge in [-0.3, -0.25) is 4.79 Å². The molecule has 2 aromatic rings. The van der Waals surface area contributed by atoms with Crippen LogP contribution in [0.5, 0.6) is 0 Å². The molecule has 0 saturated carbocycles. The van der Waals surface area contributed by atoms with E-state index in [1.54, 1.807) is 6.20 Å². The van der Waals surface area contributed by atoms with Gasteiger partial charge in [-0.25, -0.2) is 9.97 Å². The Morgan fingerprint density at radius 2 is 2.17 bits per heavy atom. The van der Waals surface area contributed by atoms with Crippen molar-refractivity contribution in [1.29, 1.82) is 0 Å². The van der Waals surface area contributed by atoms with Crippen molar-refractivity contribution in [2.24, 2.45) is 0 Å². The number of hydrogen-bond acceptors (Lipinski definition) is 4. The summed E-state index contributed by atoms with van der Waals surface area (Å²) < 4.78 is 38.2. The molecular formula is C16H15F3N4O. The number of halogens is 3. The van der Waals surface area contributed by atoms with E-state index in [1.165, 1.54) is 17.0 Å². The monoisotopic (exact) mass is 336 g/mol. The maximum Gasteiger partial charge on any atom is 0.433 e. The summed E-state index contributed by atoms with van der Waals surface area (Å²) in [5.41, 5.74) is 0.632. The molecule has 24 heavy (non-hydrogen) atoms. The fraction of sp³-hybridized carbons (Fsp3) is 0.312. The number of anilines is 2. The Morgan fingerprint density at radius 3 is 2.92 bits per heavy atom. The Hall–Kier alpha value is -2.64. The molecule has 1 N–H and O–H groups in total. The van der Waals surface area contributed by atoms with Crippen molar-refractivity contribution in [1.82, 2.24) is 9.97 Å². The first-order chi connectivity index (χ1) is 11.3. The van der Waals surface area contributed by atoms with E-state index in [1.807, 2.05) is 13.0 Å². The zero-order valence-corrected chi connectivity index (χ0v) is 12.9. The molecule has 0 spiro atoms. The normalized spacial score (nSPS) is 14.1. The zero-order valence-electron chi connectivity index (χ0n) is 12.9. The summed E-state index contributed by atoms with van der Waals surface area (Å²) >= 11 is 0. The average molecular weight is 336 g/mol. The predicted octanol–water partition coefficient (Wildman–Crippen LogP) is 2.81. The van der Waals surface area contributed by atoms with Crippen LogP contribution in [0, 0.1) is 6.92 Å². The van der Waals surface area contributed by atoms with Crippen LogP contribution in [0.2, 0.25) is 0 Å². The summed E-state index contributed by atoms with van der Waals surface area (Å²) in [5, 5.41) is 3.10. The molecule has 8 heteroatoms. The zero-order chi connectivity index (χ0) is 17.3. The van der Waals surface area contributed by atoms with Crippen LogP contribution in [0.25, 0.3) is 0 Å². The van der Waals surface area contributed by atoms with Gasteiger partial charge >= 0.3 is 6.18 Å². The lowest BCUT2D eigenvalue weighted by Crippen LogP contribution is -2.40. The molecule has 0 unspecified atom stereocenters. The fourth-order valence-electron chi connectivity index (χ4n) is 2.55. The second-order valence-electron chi connectivity index (χ2n) is 5.54. The standard InChI is InChI=1S/C16H15F3N4O/c1-10-7-12-15(21-9-10)20-5-6-23(12)14(24)8-11-3-2-4-13(22-11)16(17,18)19/h2-4,7,9H,5-6,8H2,1H3,(H,20,21). The van der Waals surface area contributed by atoms with E-state index in [0.717, 1.165) is 11.6 Å². The molecule has 3 rings (SSSR count). The van der Waals surface area contributed by atoms with Gasteiger partial charge in [0.2, 0.25) is 5.91 Å². The average Bonchev–Trinajstić information content (AvgIpc) is 2.53. The molecule has 1 aliphatic rings. The van der Waals surface area contributed by atoms with Gasteiger partial charge in [-0.05, 0) is 30.7 Å². The molecule has 0 saturated heterocycles. The number of aryl methyl sites for hydroxylation is 1. The molecule has 3 heterocycles. The molecule has 126 valence electrons. The first-order valence-corrected chi connectivity index (χ1v) is 7.38. The third-order valence-corrected chi connectivity index (χ3v) is 3.65. The van der Waals surface area contributed by atoms with Crippen molar-refractivity contribution in [2.45, 2.75) is 19.5 Å². The number of nitrogens with one attached hydrogen (secondary N) is 1. The Balaban J connectivity index is 1.83. The number of nitrogens with zero attached hydrogens (tertiary/aromatic N) is 3. The lowest BCUT2D eigenvalue weighted by molar-refractivity contribution is -0.141. The lowest BCUT2D eigenvalue weighted by Gasteiger charge is -2.29. The van der Waals surface area contributed by atoms with Crippen LogP contribution in [0.15, 0.2) is 30.5 Å². The molecule has 0 radical (unpaired) electrons. The van der Waals surface area contributed by atoms with Crippen LogP contribution >= 0.6 is 0 Å². The maximum absolute atomic E-state index is 12.7. The van der Waals surface area contributed by atoms with Crippen molar-refractivity contribution < 1.29 is 18.0 Å². The quantitative estimate of drug-likeness (QED) is 0.916. The highest BCUT2D eigenvalue weighted by atomic mass is 19.4. The van der Waals surface area contributed by atoms with Gasteiger partial charge in [0.25, 0.3) is 0 Å². The number of amides is 1. The summed E-state index contributed by atoms with van der Waals surface area (Å²) in [6, 6.07) is 5.40. The number of alkyl halides is 3. The van der Waals surface area contributed by atoms with Gasteiger partial charge in [0.1, 0.15) is 11.5 Å². The minimum absolute atomic E-state index is 0.0931. The Bertz CT molecular complexity index is 776. The summed E-state index contributed by atoms with van der Waals surface area (Å²) in [4.78, 5) is 21.9. The number of rotatable bonds is 2. The van der Waals surface area contributed by atoms with Gasteiger partial charge in [0, 0.05) is 19.3 Å². The first-order valence-electron chi connectivity index (χ1n) is 7.38. The Labute approximate surface area is 136 Å². The van der Waals surface area contributed by atoms with Crippen molar-refractivity contribution in [2.75, 3.05) is 23.3 Å². The minimum atomic E-state index is -4.53. The lowest BCUT2D eigenvalue weighted by atomic mass is 10.1. The number of pyridine rings is 2. The van der Waals surface area contributed by atoms with Crippen LogP contribution in [-0.4, -0.2) is 29.0 Å². The van der Waals surface area contributed by atoms with E-state index in [0.29, 0.717) is 24.6 Å². The van der Waals surface area contributed by atoms with Crippen molar-refractivity contribution >= 4 is 17.4 Å². The molecule has 0 bridgehead atoms. The topological polar surface area (TPSA) is 58.1 Å². The molecular weight excluding hydrogens is 321 g/mol. The maximum atomic E-state index is 12.7. The van der Waals surface area contributed by atoms with Gasteiger partial charge in [0.05, 0.1) is 17.8 Å². The van der Waals surface area contributed by atoms with E-state index in [-0.39, 0.29) is 18.0 Å². The summed E-state index contributed by atoms with van der Waals surface area (Å²) in [7, 11) is 0. The summed E-state index contributed by atoms with van der Waals surface area (Å²) in [5.74, 6) is 0.286. The number of aromatic nitrogens is 2. The Kier molecular flexibility index (Phi) is 4.13. The van der Waals surface area contributed by atoms with E-state index >= 15 is 0 Å². The van der Waals surface area contributed by atoms with Crippen molar-refractivity contribution in [3.8, 4) is 0 Å². The highest BCUT2D eigenvalue weighted by molar-refractivity contribution is 5.98. The van der Waals surface area contributed by atoms with Gasteiger partial charge in [-0.2, -0.15) is 13.2 Å². The van der Waals surface area contributed by atoms with Crippen LogP contribution in [0.3, 0.4) is 0 Å². The molecule has 1 amide bonds. The summed E-state index contributed by atoms with van der Waals surface area (Å²) in [6.45, 7) is 2.82. The summed E-state index contributed by atoms with van der Waals surface area (Å²) in [6.07, 6.45) is -3.03. The van der Waals surface area contributed by atoms with Crippen LogP contribution < -0.4 is 10.2 Å². The molecule has 0 aromatic carbocycles. The molecule has 5 nitrogen and oxygen atoms in total. The molecule has 0 atom stereocenters. The van der Waals surface area contributed by atoms with Gasteiger partial charge in [-0.1, -0.05) is 6.07 Å². The second-order valence-corrected chi connectivity index (χ2v) is 5.54. The number of fused-ring (bicyclic) bond motifs is 1. The predicted molar refractivity (Wildman–Crippen MR) is 82.8 cm³/mol. The van der Waals surface area contributed by atoms with Crippen molar-refractivity contribution in [3.05, 3.63) is 47.4 Å². The van der Waals surface area contributed by atoms with E-state index in [2.05, 4.69) is 15.3 Å². The number of hydrogen-bond donors (Lipinski definition) is 1. The SMILES string of the molecule is Cc1cnc2c(c1)N(C(=O)Cc1cccc(C(F)(F)F)n1)CCN2. The third-order valence-electron chi connectivity index (χ3n) is 3.65. The highest BCUT2D eigenvalue weighted by Crippen LogP contribution is 2.29. The van der Waals surface area contributed by atoms with Crippen LogP contribution in [0.4, 0.5) is 24.7 Å². The fourth-order valence-corrected chi connectivity index (χ4v) is 2.55. The van der Waals surface area contributed by atoms with E-state index in [4.69, 9.17) is 0 Å². The smallest absolute Gasteiger partial charge is 0.367 e. The van der Waals surface area contributed by atoms with E-state index in [9.17, 15) is 18.0 Å². The van der Waals surface area contributed by atoms with Crippen LogP contribution in [0.1, 0.15) is 17.0 Å². The molecule has 2 aromatic heterocycles.